The van der Waals surface area contributed by atoms with Gasteiger partial charge in [-0.2, -0.15) is 0 Å². The van der Waals surface area contributed by atoms with Crippen molar-refractivity contribution in [1.82, 2.24) is 0 Å². The normalized spacial score (nSPS) is 10.4. The lowest BCUT2D eigenvalue weighted by molar-refractivity contribution is -0.163. The van der Waals surface area contributed by atoms with Crippen LogP contribution in [0.3, 0.4) is 0 Å². The SMILES string of the molecule is CCOC(=O)C(CC(=O)N(C)c1cc(C)cc(C)c1)C(=O)OCC. The van der Waals surface area contributed by atoms with Gasteiger partial charge in [0.15, 0.2) is 5.92 Å². The number of esters is 2. The Morgan fingerprint density at radius 2 is 1.42 bits per heavy atom. The Balaban J connectivity index is 2.93. The Labute approximate surface area is 142 Å². The maximum absolute atomic E-state index is 12.5. The van der Waals surface area contributed by atoms with E-state index in [9.17, 15) is 14.4 Å². The van der Waals surface area contributed by atoms with Crippen LogP contribution in [-0.4, -0.2) is 38.1 Å². The molecule has 1 aromatic carbocycles. The second-order valence-corrected chi connectivity index (χ2v) is 5.56. The van der Waals surface area contributed by atoms with Crippen LogP contribution in [0.4, 0.5) is 5.69 Å². The van der Waals surface area contributed by atoms with Crippen LogP contribution >= 0.6 is 0 Å². The molecule has 0 saturated carbocycles. The Kier molecular flexibility index (Phi) is 7.42. The van der Waals surface area contributed by atoms with Crippen molar-refractivity contribution in [3.63, 3.8) is 0 Å². The lowest BCUT2D eigenvalue weighted by atomic mass is 10.0. The van der Waals surface area contributed by atoms with Crippen molar-refractivity contribution in [1.29, 1.82) is 0 Å². The van der Waals surface area contributed by atoms with E-state index in [1.807, 2.05) is 32.0 Å². The first-order chi connectivity index (χ1) is 11.3. The Hall–Kier alpha value is -2.37. The number of carbonyl (C=O) groups is 3. The van der Waals surface area contributed by atoms with Crippen LogP contribution in [0.1, 0.15) is 31.4 Å². The van der Waals surface area contributed by atoms with E-state index < -0.39 is 17.9 Å². The molecule has 132 valence electrons. The number of hydrogen-bond donors (Lipinski definition) is 0. The number of hydrogen-bond acceptors (Lipinski definition) is 5. The molecule has 1 aromatic rings. The minimum Gasteiger partial charge on any atom is -0.465 e. The Morgan fingerprint density at radius 3 is 1.83 bits per heavy atom. The molecule has 0 aliphatic rings. The molecule has 1 amide bonds. The molecule has 0 heterocycles. The van der Waals surface area contributed by atoms with Crippen LogP contribution in [0.2, 0.25) is 0 Å². The molecule has 0 fully saturated rings. The van der Waals surface area contributed by atoms with Crippen molar-refractivity contribution in [3.8, 4) is 0 Å². The van der Waals surface area contributed by atoms with Crippen LogP contribution in [-0.2, 0) is 23.9 Å². The Morgan fingerprint density at radius 1 is 0.958 bits per heavy atom. The highest BCUT2D eigenvalue weighted by molar-refractivity contribution is 6.02. The molecule has 0 N–H and O–H groups in total. The maximum Gasteiger partial charge on any atom is 0.320 e. The first-order valence-electron chi connectivity index (χ1n) is 7.98. The number of ether oxygens (including phenoxy) is 2. The van der Waals surface area contributed by atoms with E-state index in [1.54, 1.807) is 20.9 Å². The fourth-order valence-corrected chi connectivity index (χ4v) is 2.35. The Bertz CT molecular complexity index is 573. The summed E-state index contributed by atoms with van der Waals surface area (Å²) in [5, 5.41) is 0. The van der Waals surface area contributed by atoms with Gasteiger partial charge in [0.05, 0.1) is 19.6 Å². The highest BCUT2D eigenvalue weighted by Crippen LogP contribution is 2.20. The van der Waals surface area contributed by atoms with Crippen LogP contribution in [0.25, 0.3) is 0 Å². The monoisotopic (exact) mass is 335 g/mol. The van der Waals surface area contributed by atoms with Crippen molar-refractivity contribution < 1.29 is 23.9 Å². The first-order valence-corrected chi connectivity index (χ1v) is 7.98. The molecule has 0 radical (unpaired) electrons. The fraction of sp³-hybridized carbons (Fsp3) is 0.500. The summed E-state index contributed by atoms with van der Waals surface area (Å²) in [5.41, 5.74) is 2.76. The van der Waals surface area contributed by atoms with E-state index in [2.05, 4.69) is 0 Å². The largest absolute Gasteiger partial charge is 0.465 e. The third-order valence-electron chi connectivity index (χ3n) is 3.49. The van der Waals surface area contributed by atoms with Crippen LogP contribution in [0.15, 0.2) is 18.2 Å². The maximum atomic E-state index is 12.5. The smallest absolute Gasteiger partial charge is 0.320 e. The minimum absolute atomic E-state index is 0.135. The summed E-state index contributed by atoms with van der Waals surface area (Å²) >= 11 is 0. The molecule has 1 rings (SSSR count). The summed E-state index contributed by atoms with van der Waals surface area (Å²) in [5.74, 6) is -3.08. The number of carbonyl (C=O) groups excluding carboxylic acids is 3. The van der Waals surface area contributed by atoms with Gasteiger partial charge >= 0.3 is 11.9 Å². The van der Waals surface area contributed by atoms with E-state index in [4.69, 9.17) is 9.47 Å². The first kappa shape index (κ1) is 19.7. The van der Waals surface area contributed by atoms with Gasteiger partial charge in [0, 0.05) is 12.7 Å². The number of anilines is 1. The van der Waals surface area contributed by atoms with Crippen molar-refractivity contribution in [2.45, 2.75) is 34.1 Å². The van der Waals surface area contributed by atoms with Crippen molar-refractivity contribution in [2.75, 3.05) is 25.2 Å². The third-order valence-corrected chi connectivity index (χ3v) is 3.49. The molecule has 0 aliphatic heterocycles. The average molecular weight is 335 g/mol. The molecule has 0 aliphatic carbocycles. The van der Waals surface area contributed by atoms with Gasteiger partial charge in [-0.1, -0.05) is 6.07 Å². The summed E-state index contributed by atoms with van der Waals surface area (Å²) in [6.45, 7) is 7.43. The lowest BCUT2D eigenvalue weighted by Crippen LogP contribution is -2.35. The quantitative estimate of drug-likeness (QED) is 0.565. The summed E-state index contributed by atoms with van der Waals surface area (Å²) < 4.78 is 9.77. The number of benzene rings is 1. The molecule has 6 heteroatoms. The van der Waals surface area contributed by atoms with Gasteiger partial charge in [-0.15, -0.1) is 0 Å². The molecule has 0 unspecified atom stereocenters. The molecule has 0 spiro atoms. The zero-order chi connectivity index (χ0) is 18.3. The number of aryl methyl sites for hydroxylation is 2. The predicted molar refractivity (Wildman–Crippen MR) is 90.7 cm³/mol. The molecule has 0 aromatic heterocycles. The van der Waals surface area contributed by atoms with E-state index in [0.29, 0.717) is 5.69 Å². The van der Waals surface area contributed by atoms with E-state index >= 15 is 0 Å². The number of nitrogens with zero attached hydrogens (tertiary/aromatic N) is 1. The minimum atomic E-state index is -1.24. The summed E-state index contributed by atoms with van der Waals surface area (Å²) in [6.07, 6.45) is -0.291. The second kappa shape index (κ2) is 9.05. The highest BCUT2D eigenvalue weighted by Gasteiger charge is 2.33. The van der Waals surface area contributed by atoms with Crippen LogP contribution in [0.5, 0.6) is 0 Å². The molecular formula is C18H25NO5. The van der Waals surface area contributed by atoms with Gasteiger partial charge in [0.1, 0.15) is 0 Å². The van der Waals surface area contributed by atoms with Gasteiger partial charge in [-0.3, -0.25) is 14.4 Å². The van der Waals surface area contributed by atoms with Gasteiger partial charge in [-0.05, 0) is 51.0 Å². The van der Waals surface area contributed by atoms with E-state index in [1.165, 1.54) is 4.90 Å². The number of rotatable bonds is 7. The third kappa shape index (κ3) is 5.37. The average Bonchev–Trinajstić information content (AvgIpc) is 2.50. The summed E-state index contributed by atoms with van der Waals surface area (Å²) in [7, 11) is 1.61. The predicted octanol–water partition coefficient (Wildman–Crippen LogP) is 2.40. The van der Waals surface area contributed by atoms with Gasteiger partial charge in [-0.25, -0.2) is 0 Å². The molecule has 0 bridgehead atoms. The standard InChI is InChI=1S/C18H25NO5/c1-6-23-17(21)15(18(22)24-7-2)11-16(20)19(5)14-9-12(3)8-13(4)10-14/h8-10,15H,6-7,11H2,1-5H3. The van der Waals surface area contributed by atoms with Gasteiger partial charge < -0.3 is 14.4 Å². The summed E-state index contributed by atoms with van der Waals surface area (Å²) in [6, 6.07) is 5.74. The second-order valence-electron chi connectivity index (χ2n) is 5.56. The molecule has 0 atom stereocenters. The summed E-state index contributed by atoms with van der Waals surface area (Å²) in [4.78, 5) is 37.9. The zero-order valence-corrected chi connectivity index (χ0v) is 14.9. The van der Waals surface area contributed by atoms with Crippen LogP contribution in [0, 0.1) is 19.8 Å². The number of amides is 1. The van der Waals surface area contributed by atoms with Crippen LogP contribution < -0.4 is 4.90 Å². The fourth-order valence-electron chi connectivity index (χ4n) is 2.35. The van der Waals surface area contributed by atoms with Gasteiger partial charge in [0.25, 0.3) is 0 Å². The molecule has 24 heavy (non-hydrogen) atoms. The van der Waals surface area contributed by atoms with E-state index in [0.717, 1.165) is 11.1 Å². The zero-order valence-electron chi connectivity index (χ0n) is 14.9. The molecule has 6 nitrogen and oxygen atoms in total. The van der Waals surface area contributed by atoms with E-state index in [-0.39, 0.29) is 25.5 Å². The molecule has 0 saturated heterocycles. The van der Waals surface area contributed by atoms with Crippen molar-refractivity contribution in [2.24, 2.45) is 5.92 Å². The lowest BCUT2D eigenvalue weighted by Gasteiger charge is -2.21. The molecular weight excluding hydrogens is 310 g/mol. The highest BCUT2D eigenvalue weighted by atomic mass is 16.6. The van der Waals surface area contributed by atoms with Gasteiger partial charge in [0.2, 0.25) is 5.91 Å². The topological polar surface area (TPSA) is 72.9 Å². The van der Waals surface area contributed by atoms with Crippen molar-refractivity contribution >= 4 is 23.5 Å². The van der Waals surface area contributed by atoms with Crippen molar-refractivity contribution in [3.05, 3.63) is 29.3 Å².